The third-order valence-electron chi connectivity index (χ3n) is 2.78. The highest BCUT2D eigenvalue weighted by Gasteiger charge is 2.30. The first-order valence-electron chi connectivity index (χ1n) is 6.04. The molecule has 4 nitrogen and oxygen atoms in total. The smallest absolute Gasteiger partial charge is 0.326 e. The highest BCUT2D eigenvalue weighted by Crippen LogP contribution is 2.29. The number of nitrogens with one attached hydrogen (secondary N) is 1. The van der Waals surface area contributed by atoms with Gasteiger partial charge in [-0.2, -0.15) is 13.2 Å². The number of alkyl halides is 3. The molecule has 1 amide bonds. The van der Waals surface area contributed by atoms with Crippen molar-refractivity contribution in [1.82, 2.24) is 4.98 Å². The molecule has 0 aliphatic rings. The zero-order chi connectivity index (χ0) is 15.5. The summed E-state index contributed by atoms with van der Waals surface area (Å²) in [5.41, 5.74) is 5.55. The summed E-state index contributed by atoms with van der Waals surface area (Å²) in [6.45, 7) is 0.333. The number of anilines is 1. The van der Waals surface area contributed by atoms with E-state index in [0.717, 1.165) is 29.8 Å². The molecule has 0 radical (unpaired) electrons. The van der Waals surface area contributed by atoms with Crippen LogP contribution < -0.4 is 11.1 Å². The number of rotatable bonds is 3. The van der Waals surface area contributed by atoms with Gasteiger partial charge in [0.2, 0.25) is 0 Å². The Kier molecular flexibility index (Phi) is 4.23. The average Bonchev–Trinajstić information content (AvgIpc) is 2.47. The quantitative estimate of drug-likeness (QED) is 0.915. The van der Waals surface area contributed by atoms with Gasteiger partial charge in [-0.25, -0.2) is 4.98 Å². The summed E-state index contributed by atoms with van der Waals surface area (Å²) in [6, 6.07) is 7.23. The summed E-state index contributed by atoms with van der Waals surface area (Å²) in [4.78, 5) is 15.9. The Bertz CT molecular complexity index is 621. The Balaban J connectivity index is 2.09. The predicted molar refractivity (Wildman–Crippen MR) is 71.5 cm³/mol. The zero-order valence-electron chi connectivity index (χ0n) is 10.8. The van der Waals surface area contributed by atoms with Crippen LogP contribution in [0.5, 0.6) is 0 Å². The first-order valence-corrected chi connectivity index (χ1v) is 6.04. The van der Waals surface area contributed by atoms with Crippen LogP contribution in [0.25, 0.3) is 0 Å². The summed E-state index contributed by atoms with van der Waals surface area (Å²) in [6.07, 6.45) is -2.91. The van der Waals surface area contributed by atoms with Crippen molar-refractivity contribution in [2.75, 3.05) is 5.32 Å². The molecule has 0 spiro atoms. The molecule has 0 saturated carbocycles. The van der Waals surface area contributed by atoms with E-state index in [4.69, 9.17) is 5.73 Å². The number of nitrogens with two attached hydrogens (primary N) is 1. The molecule has 0 saturated heterocycles. The Morgan fingerprint density at radius 2 is 1.81 bits per heavy atom. The lowest BCUT2D eigenvalue weighted by molar-refractivity contribution is -0.137. The molecule has 2 aromatic rings. The molecule has 0 atom stereocenters. The number of carbonyl (C=O) groups is 1. The van der Waals surface area contributed by atoms with E-state index in [1.807, 2.05) is 0 Å². The average molecular weight is 295 g/mol. The zero-order valence-corrected chi connectivity index (χ0v) is 10.8. The van der Waals surface area contributed by atoms with E-state index in [1.165, 1.54) is 6.20 Å². The number of nitrogens with zero attached hydrogens (tertiary/aromatic N) is 1. The van der Waals surface area contributed by atoms with Gasteiger partial charge in [-0.05, 0) is 35.9 Å². The molecular formula is C14H12F3N3O. The van der Waals surface area contributed by atoms with Crippen molar-refractivity contribution in [2.45, 2.75) is 12.7 Å². The van der Waals surface area contributed by atoms with Gasteiger partial charge in [-0.1, -0.05) is 6.07 Å². The van der Waals surface area contributed by atoms with Crippen LogP contribution in [-0.4, -0.2) is 10.9 Å². The Morgan fingerprint density at radius 1 is 1.14 bits per heavy atom. The standard InChI is InChI=1S/C14H12F3N3O/c15-14(16,17)11-4-2-10(3-5-11)13(21)20-12-6-1-9(7-18)8-19-12/h1-6,8H,7,18H2,(H,19,20,21). The molecule has 1 aromatic carbocycles. The molecule has 1 aromatic heterocycles. The van der Waals surface area contributed by atoms with Gasteiger partial charge < -0.3 is 11.1 Å². The second kappa shape index (κ2) is 5.92. The molecule has 7 heteroatoms. The van der Waals surface area contributed by atoms with Crippen LogP contribution in [0, 0.1) is 0 Å². The second-order valence-electron chi connectivity index (χ2n) is 4.29. The van der Waals surface area contributed by atoms with Gasteiger partial charge in [0.05, 0.1) is 5.56 Å². The van der Waals surface area contributed by atoms with E-state index in [-0.39, 0.29) is 5.56 Å². The summed E-state index contributed by atoms with van der Waals surface area (Å²) < 4.78 is 37.3. The number of amides is 1. The van der Waals surface area contributed by atoms with Crippen LogP contribution in [0.1, 0.15) is 21.5 Å². The fraction of sp³-hybridized carbons (Fsp3) is 0.143. The SMILES string of the molecule is NCc1ccc(NC(=O)c2ccc(C(F)(F)F)cc2)nc1. The lowest BCUT2D eigenvalue weighted by Crippen LogP contribution is -2.14. The van der Waals surface area contributed by atoms with E-state index in [9.17, 15) is 18.0 Å². The Hall–Kier alpha value is -2.41. The molecule has 0 aliphatic heterocycles. The van der Waals surface area contributed by atoms with Crippen LogP contribution in [0.15, 0.2) is 42.6 Å². The van der Waals surface area contributed by atoms with Gasteiger partial charge in [0.25, 0.3) is 5.91 Å². The van der Waals surface area contributed by atoms with Crippen molar-refractivity contribution in [3.05, 3.63) is 59.3 Å². The predicted octanol–water partition coefficient (Wildman–Crippen LogP) is 2.81. The van der Waals surface area contributed by atoms with E-state index >= 15 is 0 Å². The normalized spacial score (nSPS) is 11.2. The molecule has 2 rings (SSSR count). The highest BCUT2D eigenvalue weighted by molar-refractivity contribution is 6.03. The number of pyridine rings is 1. The van der Waals surface area contributed by atoms with Crippen molar-refractivity contribution < 1.29 is 18.0 Å². The highest BCUT2D eigenvalue weighted by atomic mass is 19.4. The maximum absolute atomic E-state index is 12.4. The lowest BCUT2D eigenvalue weighted by atomic mass is 10.1. The molecule has 110 valence electrons. The number of hydrogen-bond donors (Lipinski definition) is 2. The summed E-state index contributed by atoms with van der Waals surface area (Å²) in [5, 5.41) is 2.50. The summed E-state index contributed by atoms with van der Waals surface area (Å²) >= 11 is 0. The number of aromatic nitrogens is 1. The van der Waals surface area contributed by atoms with Gasteiger partial charge in [-0.3, -0.25) is 4.79 Å². The Morgan fingerprint density at radius 3 is 2.29 bits per heavy atom. The van der Waals surface area contributed by atoms with Gasteiger partial charge >= 0.3 is 6.18 Å². The van der Waals surface area contributed by atoms with E-state index in [0.29, 0.717) is 12.4 Å². The summed E-state index contributed by atoms with van der Waals surface area (Å²) in [7, 11) is 0. The largest absolute Gasteiger partial charge is 0.416 e. The lowest BCUT2D eigenvalue weighted by Gasteiger charge is -2.08. The van der Waals surface area contributed by atoms with Gasteiger partial charge in [0.1, 0.15) is 5.82 Å². The number of hydrogen-bond acceptors (Lipinski definition) is 3. The first-order chi connectivity index (χ1) is 9.90. The number of carbonyl (C=O) groups excluding carboxylic acids is 1. The van der Waals surface area contributed by atoms with E-state index in [2.05, 4.69) is 10.3 Å². The monoisotopic (exact) mass is 295 g/mol. The maximum Gasteiger partial charge on any atom is 0.416 e. The fourth-order valence-corrected chi connectivity index (χ4v) is 1.62. The van der Waals surface area contributed by atoms with Gasteiger partial charge in [-0.15, -0.1) is 0 Å². The first kappa shape index (κ1) is 15.0. The molecule has 0 aliphatic carbocycles. The van der Waals surface area contributed by atoms with Gasteiger partial charge in [0.15, 0.2) is 0 Å². The molecule has 0 bridgehead atoms. The van der Waals surface area contributed by atoms with Crippen molar-refractivity contribution in [3.63, 3.8) is 0 Å². The van der Waals surface area contributed by atoms with E-state index < -0.39 is 17.6 Å². The number of halogens is 3. The maximum atomic E-state index is 12.4. The van der Waals surface area contributed by atoms with Crippen LogP contribution in [0.3, 0.4) is 0 Å². The van der Waals surface area contributed by atoms with Crippen LogP contribution >= 0.6 is 0 Å². The molecular weight excluding hydrogens is 283 g/mol. The number of benzene rings is 1. The second-order valence-corrected chi connectivity index (χ2v) is 4.29. The van der Waals surface area contributed by atoms with Crippen molar-refractivity contribution in [1.29, 1.82) is 0 Å². The summed E-state index contributed by atoms with van der Waals surface area (Å²) in [5.74, 6) is -0.228. The minimum atomic E-state index is -4.42. The Labute approximate surface area is 118 Å². The minimum Gasteiger partial charge on any atom is -0.326 e. The van der Waals surface area contributed by atoms with Crippen LogP contribution in [0.4, 0.5) is 19.0 Å². The van der Waals surface area contributed by atoms with Crippen LogP contribution in [0.2, 0.25) is 0 Å². The van der Waals surface area contributed by atoms with Crippen molar-refractivity contribution in [3.8, 4) is 0 Å². The van der Waals surface area contributed by atoms with Crippen molar-refractivity contribution in [2.24, 2.45) is 5.73 Å². The van der Waals surface area contributed by atoms with E-state index in [1.54, 1.807) is 12.1 Å². The van der Waals surface area contributed by atoms with Crippen LogP contribution in [-0.2, 0) is 12.7 Å². The van der Waals surface area contributed by atoms with Gasteiger partial charge in [0, 0.05) is 18.3 Å². The topological polar surface area (TPSA) is 68.0 Å². The minimum absolute atomic E-state index is 0.118. The molecule has 0 unspecified atom stereocenters. The molecule has 0 fully saturated rings. The van der Waals surface area contributed by atoms with Crippen molar-refractivity contribution >= 4 is 11.7 Å². The third kappa shape index (κ3) is 3.79. The molecule has 3 N–H and O–H groups in total. The fourth-order valence-electron chi connectivity index (χ4n) is 1.62. The molecule has 1 heterocycles. The molecule has 21 heavy (non-hydrogen) atoms. The third-order valence-corrected chi connectivity index (χ3v) is 2.78.